The Bertz CT molecular complexity index is 670. The van der Waals surface area contributed by atoms with Crippen LogP contribution in [0, 0.1) is 0 Å². The highest BCUT2D eigenvalue weighted by Gasteiger charge is 2.17. The van der Waals surface area contributed by atoms with Crippen molar-refractivity contribution in [1.82, 2.24) is 9.55 Å². The number of rotatable bonds is 4. The summed E-state index contributed by atoms with van der Waals surface area (Å²) in [5.41, 5.74) is -0.828. The van der Waals surface area contributed by atoms with Gasteiger partial charge in [0, 0.05) is 17.3 Å². The van der Waals surface area contributed by atoms with E-state index in [0.717, 1.165) is 4.88 Å². The van der Waals surface area contributed by atoms with Crippen molar-refractivity contribution in [2.24, 2.45) is 0 Å². The van der Waals surface area contributed by atoms with Gasteiger partial charge in [-0.05, 0) is 24.8 Å². The van der Waals surface area contributed by atoms with E-state index in [4.69, 9.17) is 0 Å². The molecule has 0 fully saturated rings. The molecule has 2 N–H and O–H groups in total. The van der Waals surface area contributed by atoms with Crippen LogP contribution in [0.2, 0.25) is 0 Å². The molecule has 5 nitrogen and oxygen atoms in total. The highest BCUT2D eigenvalue weighted by atomic mass is 32.1. The van der Waals surface area contributed by atoms with E-state index in [0.29, 0.717) is 12.8 Å². The Balaban J connectivity index is 2.44. The van der Waals surface area contributed by atoms with Gasteiger partial charge in [0.15, 0.2) is 0 Å². The smallest absolute Gasteiger partial charge is 0.331 e. The molecule has 2 aromatic rings. The van der Waals surface area contributed by atoms with Crippen LogP contribution >= 0.6 is 11.3 Å². The Kier molecular flexibility index (Phi) is 3.90. The zero-order chi connectivity index (χ0) is 14.0. The Labute approximate surface area is 114 Å². The lowest BCUT2D eigenvalue weighted by Crippen LogP contribution is -2.34. The maximum Gasteiger partial charge on any atom is 0.331 e. The predicted molar refractivity (Wildman–Crippen MR) is 75.1 cm³/mol. The summed E-state index contributed by atoms with van der Waals surface area (Å²) in [4.78, 5) is 26.8. The van der Waals surface area contributed by atoms with Crippen LogP contribution in [0.3, 0.4) is 0 Å². The van der Waals surface area contributed by atoms with Gasteiger partial charge in [-0.25, -0.2) is 4.79 Å². The normalized spacial score (nSPS) is 12.5. The van der Waals surface area contributed by atoms with Crippen LogP contribution in [-0.2, 0) is 12.8 Å². The van der Waals surface area contributed by atoms with Gasteiger partial charge in [0.2, 0.25) is 5.88 Å². The molecule has 19 heavy (non-hydrogen) atoms. The summed E-state index contributed by atoms with van der Waals surface area (Å²) in [6, 6.07) is 3.71. The van der Waals surface area contributed by atoms with E-state index in [1.54, 1.807) is 18.3 Å². The third kappa shape index (κ3) is 2.63. The fourth-order valence-corrected chi connectivity index (χ4v) is 2.94. The van der Waals surface area contributed by atoms with Crippen molar-refractivity contribution < 1.29 is 5.11 Å². The monoisotopic (exact) mass is 280 g/mol. The van der Waals surface area contributed by atoms with Gasteiger partial charge >= 0.3 is 5.69 Å². The quantitative estimate of drug-likeness (QED) is 0.894. The first-order valence-electron chi connectivity index (χ1n) is 6.13. The van der Waals surface area contributed by atoms with Crippen molar-refractivity contribution in [3.8, 4) is 5.88 Å². The van der Waals surface area contributed by atoms with Gasteiger partial charge in [0.05, 0.1) is 5.56 Å². The average molecular weight is 280 g/mol. The van der Waals surface area contributed by atoms with E-state index in [1.165, 1.54) is 4.57 Å². The van der Waals surface area contributed by atoms with Crippen LogP contribution < -0.4 is 11.2 Å². The van der Waals surface area contributed by atoms with Crippen LogP contribution in [0.15, 0.2) is 27.1 Å². The van der Waals surface area contributed by atoms with Gasteiger partial charge < -0.3 is 5.11 Å². The van der Waals surface area contributed by atoms with Crippen LogP contribution in [0.25, 0.3) is 0 Å². The predicted octanol–water partition coefficient (Wildman–Crippen LogP) is 1.67. The van der Waals surface area contributed by atoms with E-state index in [9.17, 15) is 14.7 Å². The number of nitrogens with one attached hydrogen (secondary N) is 1. The zero-order valence-electron chi connectivity index (χ0n) is 10.8. The summed E-state index contributed by atoms with van der Waals surface area (Å²) in [6.45, 7) is 3.61. The summed E-state index contributed by atoms with van der Waals surface area (Å²) in [5.74, 6) is -0.222. The first-order valence-corrected chi connectivity index (χ1v) is 7.01. The molecule has 0 amide bonds. The van der Waals surface area contributed by atoms with E-state index in [2.05, 4.69) is 4.98 Å². The van der Waals surface area contributed by atoms with E-state index in [-0.39, 0.29) is 17.5 Å². The minimum absolute atomic E-state index is 0.215. The second kappa shape index (κ2) is 5.44. The van der Waals surface area contributed by atoms with E-state index < -0.39 is 11.2 Å². The van der Waals surface area contributed by atoms with Gasteiger partial charge in [-0.3, -0.25) is 14.3 Å². The summed E-state index contributed by atoms with van der Waals surface area (Å²) in [7, 11) is 0. The molecule has 0 aliphatic heterocycles. The van der Waals surface area contributed by atoms with Crippen molar-refractivity contribution in [3.63, 3.8) is 0 Å². The maximum absolute atomic E-state index is 11.8. The summed E-state index contributed by atoms with van der Waals surface area (Å²) in [6.07, 6.45) is 1.02. The topological polar surface area (TPSA) is 75.1 Å². The molecule has 1 unspecified atom stereocenters. The molecule has 0 saturated heterocycles. The molecule has 2 aromatic heterocycles. The largest absolute Gasteiger partial charge is 0.494 e. The van der Waals surface area contributed by atoms with Gasteiger partial charge in [0.25, 0.3) is 5.56 Å². The molecule has 2 heterocycles. The molecule has 0 saturated carbocycles. The minimum atomic E-state index is -0.566. The Morgan fingerprint density at radius 3 is 2.79 bits per heavy atom. The van der Waals surface area contributed by atoms with Crippen LogP contribution in [0.4, 0.5) is 0 Å². The number of H-pyrrole nitrogens is 1. The Morgan fingerprint density at radius 1 is 1.47 bits per heavy atom. The average Bonchev–Trinajstić information content (AvgIpc) is 2.81. The van der Waals surface area contributed by atoms with Gasteiger partial charge in [-0.1, -0.05) is 13.0 Å². The van der Waals surface area contributed by atoms with Crippen molar-refractivity contribution in [1.29, 1.82) is 0 Å². The maximum atomic E-state index is 11.8. The second-order valence-electron chi connectivity index (χ2n) is 4.42. The number of nitrogens with zero attached hydrogens (tertiary/aromatic N) is 1. The molecule has 0 aromatic carbocycles. The number of aromatic amines is 1. The van der Waals surface area contributed by atoms with E-state index >= 15 is 0 Å². The van der Waals surface area contributed by atoms with Crippen molar-refractivity contribution in [3.05, 3.63) is 48.8 Å². The number of thiophene rings is 1. The lowest BCUT2D eigenvalue weighted by atomic mass is 10.2. The molecular formula is C13H16N2O3S. The van der Waals surface area contributed by atoms with Gasteiger partial charge in [-0.2, -0.15) is 0 Å². The van der Waals surface area contributed by atoms with Gasteiger partial charge in [0.1, 0.15) is 0 Å². The summed E-state index contributed by atoms with van der Waals surface area (Å²) >= 11 is 1.60. The Hall–Kier alpha value is -1.82. The first-order chi connectivity index (χ1) is 9.04. The molecule has 0 aliphatic carbocycles. The molecule has 102 valence electrons. The third-order valence-electron chi connectivity index (χ3n) is 3.08. The Morgan fingerprint density at radius 2 is 2.21 bits per heavy atom. The number of hydrogen-bond donors (Lipinski definition) is 2. The summed E-state index contributed by atoms with van der Waals surface area (Å²) < 4.78 is 1.25. The van der Waals surface area contributed by atoms with Crippen LogP contribution in [0.1, 0.15) is 30.3 Å². The molecule has 1 atom stereocenters. The molecule has 0 aliphatic rings. The fraction of sp³-hybridized carbons (Fsp3) is 0.385. The van der Waals surface area contributed by atoms with Crippen molar-refractivity contribution in [2.45, 2.75) is 32.7 Å². The molecule has 6 heteroatoms. The minimum Gasteiger partial charge on any atom is -0.494 e. The highest BCUT2D eigenvalue weighted by molar-refractivity contribution is 7.09. The third-order valence-corrected chi connectivity index (χ3v) is 3.98. The molecular weight excluding hydrogens is 264 g/mol. The second-order valence-corrected chi connectivity index (χ2v) is 5.45. The van der Waals surface area contributed by atoms with Crippen LogP contribution in [0.5, 0.6) is 5.88 Å². The number of hydrogen-bond acceptors (Lipinski definition) is 4. The first kappa shape index (κ1) is 13.6. The zero-order valence-corrected chi connectivity index (χ0v) is 11.7. The van der Waals surface area contributed by atoms with E-state index in [1.807, 2.05) is 24.4 Å². The molecule has 2 rings (SSSR count). The number of aromatic nitrogens is 2. The summed E-state index contributed by atoms with van der Waals surface area (Å²) in [5, 5.41) is 12.1. The van der Waals surface area contributed by atoms with Gasteiger partial charge in [-0.15, -0.1) is 11.3 Å². The number of aromatic hydroxyl groups is 1. The molecule has 0 radical (unpaired) electrons. The van der Waals surface area contributed by atoms with Crippen molar-refractivity contribution >= 4 is 11.3 Å². The molecule has 0 bridgehead atoms. The lowest BCUT2D eigenvalue weighted by molar-refractivity contribution is 0.365. The molecule has 0 spiro atoms. The highest BCUT2D eigenvalue weighted by Crippen LogP contribution is 2.21. The lowest BCUT2D eigenvalue weighted by Gasteiger charge is -2.17. The standard InChI is InChI=1S/C13H16N2O3S/c1-3-10-11(16)14-13(18)15(12(10)17)8(2)7-9-5-4-6-19-9/h4-6,8,17H,3,7H2,1-2H3,(H,14,16,18). The van der Waals surface area contributed by atoms with Crippen molar-refractivity contribution in [2.75, 3.05) is 0 Å². The SMILES string of the molecule is CCc1c(O)n(C(C)Cc2cccs2)c(=O)[nH]c1=O. The van der Waals surface area contributed by atoms with Crippen LogP contribution in [-0.4, -0.2) is 14.7 Å². The fourth-order valence-electron chi connectivity index (χ4n) is 2.11.